The number of nitrogens with two attached hydrogens (primary N) is 2. The van der Waals surface area contributed by atoms with Crippen LogP contribution in [-0.4, -0.2) is 27.4 Å². The summed E-state index contributed by atoms with van der Waals surface area (Å²) in [5.41, 5.74) is 6.49. The highest BCUT2D eigenvalue weighted by atomic mass is 32.2. The van der Waals surface area contributed by atoms with Crippen molar-refractivity contribution in [3.8, 4) is 0 Å². The Morgan fingerprint density at radius 2 is 2.15 bits per heavy atom. The van der Waals surface area contributed by atoms with Crippen molar-refractivity contribution in [2.24, 2.45) is 5.14 Å². The minimum Gasteiger partial charge on any atom is -0.398 e. The van der Waals surface area contributed by atoms with Gasteiger partial charge < -0.3 is 11.1 Å². The molecule has 1 amide bonds. The van der Waals surface area contributed by atoms with Gasteiger partial charge >= 0.3 is 0 Å². The molecule has 0 saturated heterocycles. The second kappa shape index (κ2) is 8.14. The van der Waals surface area contributed by atoms with E-state index < -0.39 is 5.82 Å². The van der Waals surface area contributed by atoms with E-state index >= 15 is 0 Å². The molecule has 0 bridgehead atoms. The number of carbonyl (C=O) groups excluding carboxylic acids is 1. The fraction of sp³-hybridized carbons (Fsp3) is 0.176. The molecular formula is C17H19FN6O2S. The second-order valence-electron chi connectivity index (χ2n) is 5.73. The maximum atomic E-state index is 13.2. The molecule has 0 radical (unpaired) electrons. The largest absolute Gasteiger partial charge is 0.398 e. The Morgan fingerprint density at radius 1 is 1.33 bits per heavy atom. The predicted molar refractivity (Wildman–Crippen MR) is 104 cm³/mol. The molecule has 8 nitrogen and oxygen atoms in total. The highest BCUT2D eigenvalue weighted by Crippen LogP contribution is 2.24. The Hall–Kier alpha value is -2.98. The lowest BCUT2D eigenvalue weighted by atomic mass is 10.2. The molecule has 1 aromatic heterocycles. The van der Waals surface area contributed by atoms with Crippen molar-refractivity contribution >= 4 is 34.4 Å². The number of aryl methyl sites for hydroxylation is 1. The third-order valence-corrected chi connectivity index (χ3v) is 4.62. The van der Waals surface area contributed by atoms with Crippen LogP contribution in [0.3, 0.4) is 0 Å². The Bertz CT molecular complexity index is 1060. The summed E-state index contributed by atoms with van der Waals surface area (Å²) in [4.78, 5) is 25.1. The minimum atomic E-state index is -0.478. The van der Waals surface area contributed by atoms with Crippen molar-refractivity contribution in [2.45, 2.75) is 17.9 Å². The fourth-order valence-electron chi connectivity index (χ4n) is 2.59. The molecule has 0 spiro atoms. The van der Waals surface area contributed by atoms with Gasteiger partial charge in [-0.25, -0.2) is 9.07 Å². The molecule has 0 unspecified atom stereocenters. The number of fused-ring (bicyclic) bond motifs is 1. The summed E-state index contributed by atoms with van der Waals surface area (Å²) in [5, 5.41) is 16.3. The van der Waals surface area contributed by atoms with Crippen molar-refractivity contribution in [3.05, 3.63) is 58.1 Å². The molecule has 5 N–H and O–H groups in total. The summed E-state index contributed by atoms with van der Waals surface area (Å²) in [5.74, 6) is -0.782. The number of rotatable bonds is 6. The maximum absolute atomic E-state index is 13.2. The molecule has 1 heterocycles. The number of benzene rings is 2. The van der Waals surface area contributed by atoms with E-state index in [2.05, 4.69) is 15.6 Å². The number of hydrogen-bond acceptors (Lipinski definition) is 7. The number of nitrogens with one attached hydrogen (secondary N) is 1. The highest BCUT2D eigenvalue weighted by Gasteiger charge is 2.13. The smallest absolute Gasteiger partial charge is 0.277 e. The minimum absolute atomic E-state index is 0. The summed E-state index contributed by atoms with van der Waals surface area (Å²) >= 11 is 0.914. The number of carbonyl (C=O) groups is 1. The van der Waals surface area contributed by atoms with Crippen LogP contribution in [0.25, 0.3) is 10.9 Å². The fourth-order valence-corrected chi connectivity index (χ4v) is 3.08. The molecule has 0 atom stereocenters. The standard InChI is InChI=1S/C17H17FN6O2S.H2/c18-10-5-6-11-14(9-10)22-23-24(17(11)26)8-2-7-21-16(25)12-3-1-4-13(19)15(12)27-20;/h1,3-6,9H,2,7-8,19-20H2,(H,21,25);1H. The SMILES string of the molecule is NSc1c(N)cccc1C(=O)NCCCn1nnc2cc(F)ccc2c1=O.[HH]. The van der Waals surface area contributed by atoms with Crippen LogP contribution in [0.1, 0.15) is 18.2 Å². The Kier molecular flexibility index (Phi) is 5.67. The van der Waals surface area contributed by atoms with Gasteiger partial charge in [0.15, 0.2) is 0 Å². The zero-order valence-corrected chi connectivity index (χ0v) is 15.0. The first-order valence-corrected chi connectivity index (χ1v) is 8.95. The van der Waals surface area contributed by atoms with Crippen molar-refractivity contribution in [3.63, 3.8) is 0 Å². The van der Waals surface area contributed by atoms with Gasteiger partial charge in [-0.2, -0.15) is 0 Å². The van der Waals surface area contributed by atoms with Crippen LogP contribution in [0.2, 0.25) is 0 Å². The third kappa shape index (κ3) is 4.07. The first-order valence-electron chi connectivity index (χ1n) is 8.07. The molecule has 0 aliphatic heterocycles. The van der Waals surface area contributed by atoms with Crippen molar-refractivity contribution in [1.29, 1.82) is 0 Å². The van der Waals surface area contributed by atoms with E-state index in [0.29, 0.717) is 34.5 Å². The average Bonchev–Trinajstić information content (AvgIpc) is 2.66. The summed E-state index contributed by atoms with van der Waals surface area (Å²) < 4.78 is 14.4. The van der Waals surface area contributed by atoms with E-state index in [1.165, 1.54) is 16.8 Å². The predicted octanol–water partition coefficient (Wildman–Crippen LogP) is 1.54. The van der Waals surface area contributed by atoms with Gasteiger partial charge in [0, 0.05) is 26.3 Å². The summed E-state index contributed by atoms with van der Waals surface area (Å²) in [6.45, 7) is 0.576. The average molecular weight is 390 g/mol. The van der Waals surface area contributed by atoms with E-state index in [9.17, 15) is 14.0 Å². The lowest BCUT2D eigenvalue weighted by Gasteiger charge is -2.10. The molecule has 0 saturated carbocycles. The number of nitrogens with zero attached hydrogens (tertiary/aromatic N) is 3. The number of halogens is 1. The molecule has 0 fully saturated rings. The van der Waals surface area contributed by atoms with Crippen molar-refractivity contribution in [1.82, 2.24) is 20.3 Å². The van der Waals surface area contributed by atoms with E-state index in [0.717, 1.165) is 18.0 Å². The second-order valence-corrected chi connectivity index (χ2v) is 6.37. The van der Waals surface area contributed by atoms with Gasteiger partial charge in [-0.3, -0.25) is 14.7 Å². The van der Waals surface area contributed by atoms with E-state index in [4.69, 9.17) is 10.9 Å². The molecule has 3 aromatic rings. The van der Waals surface area contributed by atoms with Crippen molar-refractivity contribution in [2.75, 3.05) is 12.3 Å². The van der Waals surface area contributed by atoms with Crippen LogP contribution < -0.4 is 21.7 Å². The summed E-state index contributed by atoms with van der Waals surface area (Å²) in [7, 11) is 0. The van der Waals surface area contributed by atoms with Gasteiger partial charge in [0.1, 0.15) is 11.3 Å². The van der Waals surface area contributed by atoms with Gasteiger partial charge in [-0.1, -0.05) is 11.3 Å². The molecule has 0 aliphatic rings. The third-order valence-electron chi connectivity index (χ3n) is 3.93. The molecule has 2 aromatic carbocycles. The topological polar surface area (TPSA) is 129 Å². The van der Waals surface area contributed by atoms with Crippen LogP contribution in [0.5, 0.6) is 0 Å². The molecule has 27 heavy (non-hydrogen) atoms. The Balaban J connectivity index is 0.00000280. The van der Waals surface area contributed by atoms with Crippen LogP contribution in [0.4, 0.5) is 10.1 Å². The van der Waals surface area contributed by atoms with Gasteiger partial charge in [0.25, 0.3) is 11.5 Å². The number of hydrogen-bond donors (Lipinski definition) is 3. The Morgan fingerprint density at radius 3 is 2.93 bits per heavy atom. The summed E-state index contributed by atoms with van der Waals surface area (Å²) in [6.07, 6.45) is 0.459. The van der Waals surface area contributed by atoms with Gasteiger partial charge in [0.2, 0.25) is 0 Å². The van der Waals surface area contributed by atoms with Gasteiger partial charge in [0.05, 0.1) is 15.8 Å². The summed E-state index contributed by atoms with van der Waals surface area (Å²) in [6, 6.07) is 8.73. The monoisotopic (exact) mass is 390 g/mol. The first-order chi connectivity index (χ1) is 13.0. The first kappa shape index (κ1) is 18.8. The van der Waals surface area contributed by atoms with Crippen LogP contribution in [0.15, 0.2) is 46.1 Å². The number of nitrogen functional groups attached to an aromatic ring is 1. The lowest BCUT2D eigenvalue weighted by molar-refractivity contribution is 0.0949. The quantitative estimate of drug-likeness (QED) is 0.331. The normalized spacial score (nSPS) is 10.9. The van der Waals surface area contributed by atoms with Crippen molar-refractivity contribution < 1.29 is 10.6 Å². The van der Waals surface area contributed by atoms with E-state index in [-0.39, 0.29) is 25.0 Å². The van der Waals surface area contributed by atoms with Crippen LogP contribution >= 0.6 is 11.9 Å². The molecule has 0 aliphatic carbocycles. The molecule has 10 heteroatoms. The van der Waals surface area contributed by atoms with Gasteiger partial charge in [-0.05, 0) is 42.6 Å². The van der Waals surface area contributed by atoms with Crippen LogP contribution in [-0.2, 0) is 6.54 Å². The molecule has 3 rings (SSSR count). The van der Waals surface area contributed by atoms with Crippen LogP contribution in [0, 0.1) is 5.82 Å². The Labute approximate surface area is 159 Å². The highest BCUT2D eigenvalue weighted by molar-refractivity contribution is 7.97. The maximum Gasteiger partial charge on any atom is 0.277 e. The molecular weight excluding hydrogens is 371 g/mol. The number of amides is 1. The zero-order valence-electron chi connectivity index (χ0n) is 14.2. The lowest BCUT2D eigenvalue weighted by Crippen LogP contribution is -2.29. The molecule has 142 valence electrons. The zero-order chi connectivity index (χ0) is 19.4. The van der Waals surface area contributed by atoms with E-state index in [1.54, 1.807) is 18.2 Å². The van der Waals surface area contributed by atoms with E-state index in [1.807, 2.05) is 0 Å². The number of anilines is 1. The van der Waals surface area contributed by atoms with Gasteiger partial charge in [-0.15, -0.1) is 5.10 Å². The number of aromatic nitrogens is 3.